The molecular weight excluding hydrogens is 424 g/mol. The number of hydrazine groups is 1. The molecule has 1 atom stereocenters. The van der Waals surface area contributed by atoms with Gasteiger partial charge < -0.3 is 19.5 Å². The number of rotatable bonds is 8. The van der Waals surface area contributed by atoms with Gasteiger partial charge in [-0.15, -0.1) is 0 Å². The zero-order valence-electron chi connectivity index (χ0n) is 18.5. The summed E-state index contributed by atoms with van der Waals surface area (Å²) < 4.78 is 11.4. The summed E-state index contributed by atoms with van der Waals surface area (Å²) in [4.78, 5) is 36.9. The maximum Gasteiger partial charge on any atom is 0.304 e. The number of carbonyl (C=O) groups is 2. The van der Waals surface area contributed by atoms with Gasteiger partial charge in [-0.25, -0.2) is 15.8 Å². The Morgan fingerprint density at radius 2 is 2.06 bits per heavy atom. The average molecular weight is 453 g/mol. The van der Waals surface area contributed by atoms with Gasteiger partial charge in [0.05, 0.1) is 18.2 Å². The number of imidazole rings is 1. The normalized spacial score (nSPS) is 15.1. The van der Waals surface area contributed by atoms with E-state index < -0.39 is 11.9 Å². The summed E-state index contributed by atoms with van der Waals surface area (Å²) in [5.74, 6) is 6.43. The van der Waals surface area contributed by atoms with Crippen molar-refractivity contribution in [3.05, 3.63) is 54.4 Å². The molecule has 4 N–H and O–H groups in total. The van der Waals surface area contributed by atoms with Crippen molar-refractivity contribution in [1.29, 1.82) is 0 Å². The van der Waals surface area contributed by atoms with Gasteiger partial charge in [0.2, 0.25) is 5.91 Å². The van der Waals surface area contributed by atoms with Crippen LogP contribution in [-0.4, -0.2) is 44.9 Å². The molecule has 174 valence electrons. The highest BCUT2D eigenvalue weighted by atomic mass is 16.5. The number of carbonyl (C=O) groups excluding carboxylic acids is 2. The van der Waals surface area contributed by atoms with Crippen LogP contribution in [0.4, 0.5) is 0 Å². The van der Waals surface area contributed by atoms with Crippen LogP contribution in [-0.2, 0) is 11.4 Å². The molecule has 0 aliphatic heterocycles. The summed E-state index contributed by atoms with van der Waals surface area (Å²) in [5, 5.41) is 3.64. The smallest absolute Gasteiger partial charge is 0.304 e. The standard InChI is InChI=1S/C23H28N6O4/c1-25-22(30)21(15-5-3-2-4-6-15)29(24)23(31)20-10-9-19(33-20)18-8-7-17(12-27-18)32-13-16-11-26-14-28-16/h7-12,14-15,21H,2-6,13,24H2,1H3,(H,25,30)(H,26,28)/t21-/m0/s1. The fraction of sp³-hybridized carbons (Fsp3) is 0.391. The van der Waals surface area contributed by atoms with Crippen molar-refractivity contribution in [2.45, 2.75) is 44.8 Å². The molecule has 33 heavy (non-hydrogen) atoms. The number of H-pyrrole nitrogens is 1. The second-order valence-electron chi connectivity index (χ2n) is 8.06. The van der Waals surface area contributed by atoms with Gasteiger partial charge >= 0.3 is 5.91 Å². The number of aromatic amines is 1. The first-order valence-electron chi connectivity index (χ1n) is 11.0. The summed E-state index contributed by atoms with van der Waals surface area (Å²) >= 11 is 0. The van der Waals surface area contributed by atoms with Crippen LogP contribution in [0.25, 0.3) is 11.5 Å². The molecule has 0 radical (unpaired) electrons. The molecule has 1 saturated carbocycles. The maximum atomic E-state index is 13.0. The minimum Gasteiger partial charge on any atom is -0.486 e. The SMILES string of the molecule is CNC(=O)[C@H](C1CCCCC1)N(N)C(=O)c1ccc(-c2ccc(OCc3c[nH]cn3)cn2)o1. The summed E-state index contributed by atoms with van der Waals surface area (Å²) in [7, 11) is 1.55. The number of amides is 2. The highest BCUT2D eigenvalue weighted by Gasteiger charge is 2.36. The molecule has 1 aliphatic carbocycles. The van der Waals surface area contributed by atoms with Crippen LogP contribution in [0.15, 0.2) is 47.4 Å². The first-order valence-corrected chi connectivity index (χ1v) is 11.0. The van der Waals surface area contributed by atoms with E-state index in [0.717, 1.165) is 42.8 Å². The Morgan fingerprint density at radius 3 is 2.73 bits per heavy atom. The number of hydrogen-bond donors (Lipinski definition) is 3. The number of aromatic nitrogens is 3. The van der Waals surface area contributed by atoms with Crippen LogP contribution >= 0.6 is 0 Å². The Balaban J connectivity index is 1.44. The zero-order valence-corrected chi connectivity index (χ0v) is 18.5. The Hall–Kier alpha value is -3.66. The average Bonchev–Trinajstić information content (AvgIpc) is 3.56. The van der Waals surface area contributed by atoms with E-state index in [1.165, 1.54) is 0 Å². The van der Waals surface area contributed by atoms with Gasteiger partial charge in [0.25, 0.3) is 0 Å². The van der Waals surface area contributed by atoms with Gasteiger partial charge in [0.15, 0.2) is 11.5 Å². The molecule has 2 amide bonds. The Labute approximate surface area is 191 Å². The van der Waals surface area contributed by atoms with E-state index in [0.29, 0.717) is 23.8 Å². The fourth-order valence-corrected chi connectivity index (χ4v) is 4.15. The van der Waals surface area contributed by atoms with Crippen molar-refractivity contribution < 1.29 is 18.7 Å². The van der Waals surface area contributed by atoms with Crippen molar-refractivity contribution in [3.8, 4) is 17.2 Å². The zero-order chi connectivity index (χ0) is 23.2. The lowest BCUT2D eigenvalue weighted by Gasteiger charge is -2.34. The molecule has 3 aromatic rings. The van der Waals surface area contributed by atoms with Crippen molar-refractivity contribution >= 4 is 11.8 Å². The molecule has 4 rings (SSSR count). The number of nitrogens with two attached hydrogens (primary N) is 1. The van der Waals surface area contributed by atoms with Gasteiger partial charge in [0, 0.05) is 13.2 Å². The molecule has 1 aliphatic rings. The first kappa shape index (κ1) is 22.5. The number of nitrogens with one attached hydrogen (secondary N) is 2. The van der Waals surface area contributed by atoms with E-state index in [2.05, 4.69) is 20.3 Å². The molecule has 10 heteroatoms. The third-order valence-corrected chi connectivity index (χ3v) is 5.89. The van der Waals surface area contributed by atoms with Gasteiger partial charge in [-0.1, -0.05) is 19.3 Å². The first-order chi connectivity index (χ1) is 16.1. The van der Waals surface area contributed by atoms with E-state index >= 15 is 0 Å². The van der Waals surface area contributed by atoms with Crippen LogP contribution in [0.2, 0.25) is 0 Å². The van der Waals surface area contributed by atoms with Gasteiger partial charge in [-0.2, -0.15) is 0 Å². The Bertz CT molecular complexity index is 1060. The second kappa shape index (κ2) is 10.3. The second-order valence-corrected chi connectivity index (χ2v) is 8.06. The molecular formula is C23H28N6O4. The lowest BCUT2D eigenvalue weighted by atomic mass is 9.83. The maximum absolute atomic E-state index is 13.0. The number of furan rings is 1. The number of nitrogens with zero attached hydrogens (tertiary/aromatic N) is 3. The lowest BCUT2D eigenvalue weighted by molar-refractivity contribution is -0.127. The number of pyridine rings is 1. The van der Waals surface area contributed by atoms with Gasteiger partial charge in [-0.05, 0) is 43.0 Å². The van der Waals surface area contributed by atoms with Crippen LogP contribution < -0.4 is 15.9 Å². The van der Waals surface area contributed by atoms with E-state index in [-0.39, 0.29) is 17.6 Å². The molecule has 10 nitrogen and oxygen atoms in total. The molecule has 0 spiro atoms. The number of hydrogen-bond acceptors (Lipinski definition) is 7. The highest BCUT2D eigenvalue weighted by Crippen LogP contribution is 2.30. The molecule has 1 fully saturated rings. The van der Waals surface area contributed by atoms with Crippen LogP contribution in [0.3, 0.4) is 0 Å². The van der Waals surface area contributed by atoms with E-state index in [1.54, 1.807) is 50.0 Å². The van der Waals surface area contributed by atoms with Crippen molar-refractivity contribution in [3.63, 3.8) is 0 Å². The lowest BCUT2D eigenvalue weighted by Crippen LogP contribution is -2.56. The van der Waals surface area contributed by atoms with E-state index in [1.807, 2.05) is 0 Å². The third kappa shape index (κ3) is 5.23. The van der Waals surface area contributed by atoms with Crippen molar-refractivity contribution in [1.82, 2.24) is 25.3 Å². The minimum absolute atomic E-state index is 0.0257. The van der Waals surface area contributed by atoms with E-state index in [9.17, 15) is 9.59 Å². The van der Waals surface area contributed by atoms with E-state index in [4.69, 9.17) is 15.0 Å². The van der Waals surface area contributed by atoms with Crippen molar-refractivity contribution in [2.24, 2.45) is 11.8 Å². The Kier molecular flexibility index (Phi) is 7.04. The number of likely N-dealkylation sites (N-methyl/N-ethyl adjacent to an activating group) is 1. The van der Waals surface area contributed by atoms with Gasteiger partial charge in [-0.3, -0.25) is 14.6 Å². The van der Waals surface area contributed by atoms with Crippen molar-refractivity contribution in [2.75, 3.05) is 7.05 Å². The molecule has 3 aromatic heterocycles. The summed E-state index contributed by atoms with van der Waals surface area (Å²) in [6.07, 6.45) is 9.83. The number of ether oxygens (including phenoxy) is 1. The largest absolute Gasteiger partial charge is 0.486 e. The minimum atomic E-state index is -0.736. The predicted octanol–water partition coefficient (Wildman–Crippen LogP) is 2.65. The highest BCUT2D eigenvalue weighted by molar-refractivity contribution is 5.95. The van der Waals surface area contributed by atoms with Crippen LogP contribution in [0.5, 0.6) is 5.75 Å². The summed E-state index contributed by atoms with van der Waals surface area (Å²) in [6.45, 7) is 0.323. The monoisotopic (exact) mass is 452 g/mol. The molecule has 3 heterocycles. The topological polar surface area (TPSA) is 139 Å². The molecule has 0 saturated heterocycles. The Morgan fingerprint density at radius 1 is 1.24 bits per heavy atom. The molecule has 0 unspecified atom stereocenters. The summed E-state index contributed by atoms with van der Waals surface area (Å²) in [5.41, 5.74) is 1.32. The molecule has 0 bridgehead atoms. The quantitative estimate of drug-likeness (QED) is 0.271. The third-order valence-electron chi connectivity index (χ3n) is 5.89. The predicted molar refractivity (Wildman–Crippen MR) is 120 cm³/mol. The van der Waals surface area contributed by atoms with Crippen LogP contribution in [0.1, 0.15) is 48.4 Å². The molecule has 0 aromatic carbocycles. The van der Waals surface area contributed by atoms with Crippen LogP contribution in [0, 0.1) is 5.92 Å². The fourth-order valence-electron chi connectivity index (χ4n) is 4.15. The summed E-state index contributed by atoms with van der Waals surface area (Å²) in [6, 6.07) is 5.97. The van der Waals surface area contributed by atoms with Gasteiger partial charge in [0.1, 0.15) is 24.1 Å².